The average molecular weight is 529 g/mol. The van der Waals surface area contributed by atoms with E-state index in [2.05, 4.69) is 127 Å². The largest absolute Gasteiger partial charge is 0.0622 e. The highest BCUT2D eigenvalue weighted by Gasteiger charge is 2.56. The Bertz CT molecular complexity index is 990. The summed E-state index contributed by atoms with van der Waals surface area (Å²) in [6.07, 6.45) is 28.1. The van der Waals surface area contributed by atoms with Gasteiger partial charge in [0.2, 0.25) is 0 Å². The van der Waals surface area contributed by atoms with Crippen molar-refractivity contribution < 1.29 is 0 Å². The first-order valence-electron chi connectivity index (χ1n) is 16.0. The first-order chi connectivity index (χ1) is 19.3. The van der Waals surface area contributed by atoms with Gasteiger partial charge in [-0.3, -0.25) is 0 Å². The summed E-state index contributed by atoms with van der Waals surface area (Å²) >= 11 is 0. The molecule has 0 amide bonds. The molecule has 0 bridgehead atoms. The van der Waals surface area contributed by atoms with E-state index in [1.807, 2.05) is 0 Å². The molecule has 208 valence electrons. The molecule has 0 atom stereocenters. The molecule has 0 unspecified atom stereocenters. The van der Waals surface area contributed by atoms with Gasteiger partial charge in [-0.05, 0) is 110 Å². The van der Waals surface area contributed by atoms with Crippen LogP contribution in [0.25, 0.3) is 0 Å². The highest BCUT2D eigenvalue weighted by molar-refractivity contribution is 5.58. The standard InChI is InChI=1S/C40H48/c1-37(2,33-21-23-35(29-33)39(25-13-7-14-26-39)31-17-9-5-10-18-31)38(3,4)34-22-24-36(30-34)40(27-15-8-16-28-40)32-19-11-6-12-20-32/h5-6,9-12,17-24,29-30H,7-8,13-16,25-28H2,1-4H3. The monoisotopic (exact) mass is 528 g/mol. The van der Waals surface area contributed by atoms with Gasteiger partial charge in [-0.1, -0.05) is 127 Å². The number of hydrogen-bond donors (Lipinski definition) is 0. The summed E-state index contributed by atoms with van der Waals surface area (Å²) in [7, 11) is 0. The lowest BCUT2D eigenvalue weighted by Gasteiger charge is -2.50. The summed E-state index contributed by atoms with van der Waals surface area (Å²) in [6.45, 7) is 9.90. The van der Waals surface area contributed by atoms with E-state index in [1.165, 1.54) is 99.0 Å². The van der Waals surface area contributed by atoms with Crippen molar-refractivity contribution in [2.75, 3.05) is 0 Å². The molecule has 2 aromatic rings. The summed E-state index contributed by atoms with van der Waals surface area (Å²) in [5.41, 5.74) is 3.32. The fraction of sp³-hybridized carbons (Fsp3) is 0.450. The highest BCUT2D eigenvalue weighted by atomic mass is 14.6. The third-order valence-corrected chi connectivity index (χ3v) is 11.7. The summed E-state index contributed by atoms with van der Waals surface area (Å²) in [4.78, 5) is 0. The van der Waals surface area contributed by atoms with Crippen molar-refractivity contribution in [2.24, 2.45) is 10.8 Å². The summed E-state index contributed by atoms with van der Waals surface area (Å²) < 4.78 is 0. The molecular formula is C40H48. The zero-order valence-corrected chi connectivity index (χ0v) is 25.3. The van der Waals surface area contributed by atoms with E-state index in [4.69, 9.17) is 0 Å². The van der Waals surface area contributed by atoms with Gasteiger partial charge in [0.25, 0.3) is 0 Å². The zero-order valence-electron chi connectivity index (χ0n) is 25.3. The van der Waals surface area contributed by atoms with Gasteiger partial charge in [-0.15, -0.1) is 0 Å². The second-order valence-corrected chi connectivity index (χ2v) is 14.0. The highest BCUT2D eigenvalue weighted by Crippen LogP contribution is 2.64. The van der Waals surface area contributed by atoms with Crippen molar-refractivity contribution in [1.82, 2.24) is 0 Å². The molecule has 4 fully saturated rings. The van der Waals surface area contributed by atoms with Gasteiger partial charge in [0, 0.05) is 10.8 Å². The second-order valence-electron chi connectivity index (χ2n) is 14.0. The average Bonchev–Trinajstić information content (AvgIpc) is 3.71. The van der Waals surface area contributed by atoms with Gasteiger partial charge in [0.1, 0.15) is 0 Å². The predicted molar refractivity (Wildman–Crippen MR) is 169 cm³/mol. The maximum absolute atomic E-state index is 2.58. The van der Waals surface area contributed by atoms with E-state index in [1.54, 1.807) is 0 Å². The van der Waals surface area contributed by atoms with Crippen LogP contribution < -0.4 is 0 Å². The minimum absolute atomic E-state index is 0.00407. The van der Waals surface area contributed by atoms with Gasteiger partial charge < -0.3 is 0 Å². The van der Waals surface area contributed by atoms with E-state index >= 15 is 0 Å². The molecule has 0 spiro atoms. The maximum atomic E-state index is 2.58. The minimum atomic E-state index is -0.00407. The molecular weight excluding hydrogens is 480 g/mol. The first kappa shape index (κ1) is 28.6. The molecule has 0 heterocycles. The topological polar surface area (TPSA) is 0 Å². The molecule has 10 radical (unpaired) electrons. The van der Waals surface area contributed by atoms with E-state index in [0.717, 1.165) is 0 Å². The van der Waals surface area contributed by atoms with Crippen LogP contribution in [0, 0.1) is 73.0 Å². The number of hydrogen-bond acceptors (Lipinski definition) is 0. The Labute approximate surface area is 247 Å². The molecule has 0 aliphatic heterocycles. The van der Waals surface area contributed by atoms with Crippen LogP contribution in [-0.4, -0.2) is 0 Å². The smallest absolute Gasteiger partial charge is 0.00211 e. The molecule has 0 N–H and O–H groups in total. The quantitative estimate of drug-likeness (QED) is 0.335. The number of rotatable bonds is 7. The van der Waals surface area contributed by atoms with Crippen LogP contribution in [0.2, 0.25) is 0 Å². The van der Waals surface area contributed by atoms with Crippen LogP contribution in [0.1, 0.15) is 103 Å². The van der Waals surface area contributed by atoms with Crippen LogP contribution in [0.5, 0.6) is 0 Å². The van der Waals surface area contributed by atoms with Crippen LogP contribution in [0.3, 0.4) is 0 Å². The van der Waals surface area contributed by atoms with Crippen molar-refractivity contribution in [3.8, 4) is 0 Å². The Kier molecular flexibility index (Phi) is 8.04. The summed E-state index contributed by atoms with van der Waals surface area (Å²) in [5, 5.41) is 0. The van der Waals surface area contributed by atoms with Crippen LogP contribution in [0.4, 0.5) is 0 Å². The molecule has 4 aliphatic carbocycles. The fourth-order valence-electron chi connectivity index (χ4n) is 8.29. The normalized spacial score (nSPS) is 25.4. The van der Waals surface area contributed by atoms with E-state index < -0.39 is 0 Å². The molecule has 0 aromatic heterocycles. The predicted octanol–water partition coefficient (Wildman–Crippen LogP) is 10.4. The van der Waals surface area contributed by atoms with Crippen molar-refractivity contribution in [1.29, 1.82) is 0 Å². The summed E-state index contributed by atoms with van der Waals surface area (Å²) in [5.74, 6) is 6.02. The first-order valence-corrected chi connectivity index (χ1v) is 16.0. The second kappa shape index (κ2) is 11.3. The van der Waals surface area contributed by atoms with E-state index in [-0.39, 0.29) is 21.7 Å². The Hall–Kier alpha value is -1.56. The summed E-state index contributed by atoms with van der Waals surface area (Å²) in [6, 6.07) is 22.7. The van der Waals surface area contributed by atoms with Gasteiger partial charge in [-0.25, -0.2) is 0 Å². The lowest BCUT2D eigenvalue weighted by atomic mass is 9.54. The van der Waals surface area contributed by atoms with Crippen LogP contribution in [-0.2, 0) is 10.8 Å². The molecule has 4 saturated carbocycles. The Balaban J connectivity index is 1.20. The molecule has 6 rings (SSSR count). The lowest BCUT2D eigenvalue weighted by molar-refractivity contribution is 0.159. The Morgan fingerprint density at radius 2 is 0.800 bits per heavy atom. The van der Waals surface area contributed by atoms with E-state index in [9.17, 15) is 0 Å². The van der Waals surface area contributed by atoms with Crippen LogP contribution in [0.15, 0.2) is 60.7 Å². The van der Waals surface area contributed by atoms with Gasteiger partial charge in [0.15, 0.2) is 0 Å². The Morgan fingerprint density at radius 3 is 1.15 bits per heavy atom. The number of benzene rings is 2. The zero-order chi connectivity index (χ0) is 27.8. The van der Waals surface area contributed by atoms with E-state index in [0.29, 0.717) is 0 Å². The van der Waals surface area contributed by atoms with Gasteiger partial charge >= 0.3 is 0 Å². The van der Waals surface area contributed by atoms with Crippen molar-refractivity contribution in [2.45, 2.75) is 103 Å². The lowest BCUT2D eigenvalue weighted by Crippen LogP contribution is -2.43. The van der Waals surface area contributed by atoms with Crippen LogP contribution >= 0.6 is 0 Å². The van der Waals surface area contributed by atoms with Crippen molar-refractivity contribution >= 4 is 0 Å². The molecule has 0 saturated heterocycles. The minimum Gasteiger partial charge on any atom is -0.0622 e. The van der Waals surface area contributed by atoms with Gasteiger partial charge in [0.05, 0.1) is 0 Å². The third kappa shape index (κ3) is 4.82. The molecule has 4 aliphatic rings. The molecule has 40 heavy (non-hydrogen) atoms. The Morgan fingerprint density at radius 1 is 0.450 bits per heavy atom. The SMILES string of the molecule is CC(C)([C]1[CH][CH][C](C2(c3ccccc3)CCCCC2)[CH]1)C(C)(C)[C]1[CH][CH][C](C2(c3ccccc3)CCCCC2)[CH]1. The third-order valence-electron chi connectivity index (χ3n) is 11.7. The van der Waals surface area contributed by atoms with Crippen molar-refractivity contribution in [3.63, 3.8) is 0 Å². The molecule has 2 aromatic carbocycles. The molecule has 0 nitrogen and oxygen atoms in total. The van der Waals surface area contributed by atoms with Gasteiger partial charge in [-0.2, -0.15) is 0 Å². The van der Waals surface area contributed by atoms with Crippen molar-refractivity contribution in [3.05, 3.63) is 134 Å². The maximum Gasteiger partial charge on any atom is 0.00211 e. The fourth-order valence-corrected chi connectivity index (χ4v) is 8.29. The molecule has 0 heteroatoms.